The molecular formula is C51H62N8O6. The molecule has 2 aromatic heterocycles. The van der Waals surface area contributed by atoms with Gasteiger partial charge in [-0.3, -0.25) is 9.59 Å². The molecule has 11 rings (SSSR count). The van der Waals surface area contributed by atoms with Gasteiger partial charge in [0.2, 0.25) is 11.8 Å². The highest BCUT2D eigenvalue weighted by Gasteiger charge is 2.39. The maximum atomic E-state index is 13.9. The van der Waals surface area contributed by atoms with Gasteiger partial charge in [0, 0.05) is 18.7 Å². The molecule has 5 unspecified atom stereocenters. The van der Waals surface area contributed by atoms with Gasteiger partial charge in [0.05, 0.1) is 50.1 Å². The lowest BCUT2D eigenvalue weighted by molar-refractivity contribution is -0.136. The zero-order valence-corrected chi connectivity index (χ0v) is 38.6. The van der Waals surface area contributed by atoms with E-state index in [1.165, 1.54) is 42.0 Å². The number of aryl methyl sites for hydroxylation is 2. The fourth-order valence-corrected chi connectivity index (χ4v) is 9.83. The number of imidazole rings is 2. The molecule has 2 fully saturated rings. The first-order chi connectivity index (χ1) is 31.3. The van der Waals surface area contributed by atoms with Crippen LogP contribution in [0.5, 0.6) is 0 Å². The number of rotatable bonds is 11. The number of benzene rings is 3. The fourth-order valence-electron chi connectivity index (χ4n) is 9.83. The lowest BCUT2D eigenvalue weighted by Gasteiger charge is -2.30. The Morgan fingerprint density at radius 3 is 1.71 bits per heavy atom. The molecular weight excluding hydrogens is 821 g/mol. The predicted molar refractivity (Wildman–Crippen MR) is 249 cm³/mol. The van der Waals surface area contributed by atoms with Crippen LogP contribution in [0.4, 0.5) is 9.59 Å². The van der Waals surface area contributed by atoms with Crippen LogP contribution in [0.2, 0.25) is 0 Å². The number of H-pyrrole nitrogens is 2. The van der Waals surface area contributed by atoms with Gasteiger partial charge in [-0.05, 0) is 108 Å². The number of hydrogen-bond acceptors (Lipinski definition) is 8. The normalized spacial score (nSPS) is 19.2. The first-order valence-corrected chi connectivity index (χ1v) is 23.1. The Balaban J connectivity index is 1.08. The van der Waals surface area contributed by atoms with Gasteiger partial charge in [0.25, 0.3) is 0 Å². The first kappa shape index (κ1) is 45.1. The van der Waals surface area contributed by atoms with E-state index in [0.717, 1.165) is 84.7 Å². The van der Waals surface area contributed by atoms with Gasteiger partial charge in [0.15, 0.2) is 0 Å². The number of amides is 4. The Labute approximate surface area is 381 Å². The Morgan fingerprint density at radius 1 is 0.662 bits per heavy atom. The van der Waals surface area contributed by atoms with Gasteiger partial charge in [-0.15, -0.1) is 0 Å². The molecule has 14 heteroatoms. The van der Waals surface area contributed by atoms with E-state index in [0.29, 0.717) is 13.1 Å². The number of likely N-dealkylation sites (tertiary alicyclic amines) is 2. The SMILES string of the molecule is COC(=O)NC(C(=O)N1CCCC1c1ncc(-c2ccc(-c3cc4c(-c5cnc(C6CCCN6C(=O)C(NC(=O)OC)C(C)C)[nH]5)cc3CCc3ccc(cc3)C(C)C4)cc2)[nH]1)C(C)C. The third kappa shape index (κ3) is 9.53. The molecule has 342 valence electrons. The van der Waals surface area contributed by atoms with E-state index in [9.17, 15) is 19.2 Å². The topological polar surface area (TPSA) is 175 Å². The van der Waals surface area contributed by atoms with Crippen molar-refractivity contribution in [2.75, 3.05) is 27.3 Å². The molecule has 2 aliphatic heterocycles. The maximum absolute atomic E-state index is 13.9. The van der Waals surface area contributed by atoms with Crippen LogP contribution >= 0.6 is 0 Å². The summed E-state index contributed by atoms with van der Waals surface area (Å²) in [4.78, 5) is 72.5. The minimum Gasteiger partial charge on any atom is -0.453 e. The summed E-state index contributed by atoms with van der Waals surface area (Å²) in [5.74, 6) is 1.21. The third-order valence-electron chi connectivity index (χ3n) is 13.6. The van der Waals surface area contributed by atoms with Crippen LogP contribution in [-0.2, 0) is 38.3 Å². The van der Waals surface area contributed by atoms with Crippen molar-refractivity contribution in [3.63, 3.8) is 0 Å². The predicted octanol–water partition coefficient (Wildman–Crippen LogP) is 8.67. The highest BCUT2D eigenvalue weighted by molar-refractivity contribution is 5.87. The number of aromatic nitrogens is 4. The second kappa shape index (κ2) is 19.3. The van der Waals surface area contributed by atoms with Crippen molar-refractivity contribution in [3.05, 3.63) is 107 Å². The van der Waals surface area contributed by atoms with Crippen LogP contribution in [0.15, 0.2) is 73.1 Å². The third-order valence-corrected chi connectivity index (χ3v) is 13.6. The molecule has 2 saturated heterocycles. The molecule has 4 N–H and O–H groups in total. The fraction of sp³-hybridized carbons (Fsp3) is 0.451. The van der Waals surface area contributed by atoms with Gasteiger partial charge in [-0.25, -0.2) is 19.6 Å². The number of carbonyl (C=O) groups excluding carboxylic acids is 4. The standard InChI is InChI=1S/C51H62N8O6/c1-29(2)44(56-50(62)64-6)48(60)58-22-8-10-42(58)46-52-27-40(54-46)35-20-18-34(19-21-35)38-26-37-24-31(5)33-15-12-32(13-16-33)14-17-36(38)25-39(37)41-28-53-47(55-41)43-11-9-23-59(43)49(61)45(30(3)4)57-51(63)65-7/h12-13,15-16,18-21,25-31,42-45H,8-11,14,17,22-24H2,1-7H3,(H,52,54)(H,53,55)(H,56,62)(H,57,63). The van der Waals surface area contributed by atoms with E-state index in [1.54, 1.807) is 0 Å². The second-order valence-corrected chi connectivity index (χ2v) is 18.5. The van der Waals surface area contributed by atoms with Crippen LogP contribution in [0.25, 0.3) is 33.6 Å². The average Bonchev–Trinajstić information content (AvgIpc) is 4.16. The smallest absolute Gasteiger partial charge is 0.407 e. The van der Waals surface area contributed by atoms with Crippen molar-refractivity contribution in [1.29, 1.82) is 0 Å². The van der Waals surface area contributed by atoms with Crippen molar-refractivity contribution < 1.29 is 28.7 Å². The van der Waals surface area contributed by atoms with E-state index in [-0.39, 0.29) is 41.7 Å². The highest BCUT2D eigenvalue weighted by atomic mass is 16.5. The summed E-state index contributed by atoms with van der Waals surface area (Å²) in [7, 11) is 2.60. The highest BCUT2D eigenvalue weighted by Crippen LogP contribution is 2.39. The van der Waals surface area contributed by atoms with Crippen LogP contribution < -0.4 is 10.6 Å². The van der Waals surface area contributed by atoms with Crippen molar-refractivity contribution >= 4 is 24.0 Å². The average molecular weight is 883 g/mol. The minimum absolute atomic E-state index is 0.115. The summed E-state index contributed by atoms with van der Waals surface area (Å²) >= 11 is 0. The van der Waals surface area contributed by atoms with Gasteiger partial charge in [-0.1, -0.05) is 89.2 Å². The van der Waals surface area contributed by atoms with Gasteiger partial charge in [-0.2, -0.15) is 0 Å². The van der Waals surface area contributed by atoms with E-state index in [2.05, 4.69) is 88.2 Å². The summed E-state index contributed by atoms with van der Waals surface area (Å²) in [5.41, 5.74) is 11.2. The van der Waals surface area contributed by atoms with Crippen molar-refractivity contribution in [3.8, 4) is 33.6 Å². The van der Waals surface area contributed by atoms with E-state index < -0.39 is 24.3 Å². The lowest BCUT2D eigenvalue weighted by Crippen LogP contribution is -2.51. The molecule has 65 heavy (non-hydrogen) atoms. The monoisotopic (exact) mass is 882 g/mol. The molecule has 4 aliphatic carbocycles. The molecule has 4 heterocycles. The Bertz CT molecular complexity index is 2510. The largest absolute Gasteiger partial charge is 0.453 e. The molecule has 0 saturated carbocycles. The molecule has 4 bridgehead atoms. The van der Waals surface area contributed by atoms with Crippen LogP contribution in [0, 0.1) is 11.8 Å². The Kier molecular flexibility index (Phi) is 13.4. The van der Waals surface area contributed by atoms with E-state index >= 15 is 0 Å². The molecule has 0 spiro atoms. The van der Waals surface area contributed by atoms with E-state index in [4.69, 9.17) is 19.4 Å². The number of nitrogens with one attached hydrogen (secondary N) is 4. The minimum atomic E-state index is -0.707. The summed E-state index contributed by atoms with van der Waals surface area (Å²) < 4.78 is 9.65. The van der Waals surface area contributed by atoms with Crippen molar-refractivity contribution in [1.82, 2.24) is 40.4 Å². The number of alkyl carbamates (subject to hydrolysis) is 2. The summed E-state index contributed by atoms with van der Waals surface area (Å²) in [6.07, 6.45) is 8.26. The quantitative estimate of drug-likeness (QED) is 0.102. The molecule has 5 aromatic rings. The Hall–Kier alpha value is -6.44. The van der Waals surface area contributed by atoms with Gasteiger partial charge < -0.3 is 39.9 Å². The summed E-state index contributed by atoms with van der Waals surface area (Å²) in [6, 6.07) is 20.5. The zero-order valence-electron chi connectivity index (χ0n) is 38.6. The maximum Gasteiger partial charge on any atom is 0.407 e. The number of hydrogen-bond donors (Lipinski definition) is 4. The molecule has 3 aromatic carbocycles. The zero-order chi connectivity index (χ0) is 45.9. The van der Waals surface area contributed by atoms with Crippen LogP contribution in [-0.4, -0.2) is 93.1 Å². The first-order valence-electron chi connectivity index (χ1n) is 23.1. The molecule has 6 aliphatic rings. The van der Waals surface area contributed by atoms with Crippen LogP contribution in [0.3, 0.4) is 0 Å². The van der Waals surface area contributed by atoms with Gasteiger partial charge >= 0.3 is 12.2 Å². The van der Waals surface area contributed by atoms with Crippen LogP contribution in [0.1, 0.15) is 112 Å². The molecule has 4 amide bonds. The number of nitrogens with zero attached hydrogens (tertiary/aromatic N) is 4. The lowest BCUT2D eigenvalue weighted by atomic mass is 9.84. The van der Waals surface area contributed by atoms with Gasteiger partial charge in [0.1, 0.15) is 23.7 Å². The van der Waals surface area contributed by atoms with Crippen molar-refractivity contribution in [2.24, 2.45) is 11.8 Å². The summed E-state index contributed by atoms with van der Waals surface area (Å²) in [6.45, 7) is 11.1. The Morgan fingerprint density at radius 2 is 1.17 bits per heavy atom. The van der Waals surface area contributed by atoms with Crippen molar-refractivity contribution in [2.45, 2.75) is 110 Å². The second-order valence-electron chi connectivity index (χ2n) is 18.5. The number of ether oxygens (including phenoxy) is 2. The van der Waals surface area contributed by atoms with E-state index in [1.807, 2.05) is 49.9 Å². The number of carbonyl (C=O) groups is 4. The number of aromatic amines is 2. The molecule has 5 atom stereocenters. The molecule has 0 radical (unpaired) electrons. The number of methoxy groups -OCH3 is 2. The summed E-state index contributed by atoms with van der Waals surface area (Å²) in [5, 5.41) is 5.47. The molecule has 14 nitrogen and oxygen atoms in total.